The third-order valence-corrected chi connectivity index (χ3v) is 4.11. The van der Waals surface area contributed by atoms with E-state index in [1.807, 2.05) is 6.92 Å². The lowest BCUT2D eigenvalue weighted by molar-refractivity contribution is -0.147. The van der Waals surface area contributed by atoms with Gasteiger partial charge in [-0.15, -0.1) is 0 Å². The monoisotopic (exact) mass is 340 g/mol. The van der Waals surface area contributed by atoms with Crippen molar-refractivity contribution in [2.24, 2.45) is 0 Å². The van der Waals surface area contributed by atoms with Crippen molar-refractivity contribution >= 4 is 5.97 Å². The van der Waals surface area contributed by atoms with Gasteiger partial charge in [-0.05, 0) is 25.8 Å². The fourth-order valence-corrected chi connectivity index (χ4v) is 2.75. The zero-order chi connectivity index (χ0) is 17.9. The fourth-order valence-electron chi connectivity index (χ4n) is 2.75. The average Bonchev–Trinajstić information content (AvgIpc) is 2.53. The van der Waals surface area contributed by atoms with Gasteiger partial charge in [0.25, 0.3) is 0 Å². The number of carbonyl (C=O) groups is 1. The van der Waals surface area contributed by atoms with Crippen LogP contribution in [0.1, 0.15) is 104 Å². The van der Waals surface area contributed by atoms with Crippen LogP contribution in [0.3, 0.4) is 0 Å². The van der Waals surface area contributed by atoms with E-state index in [4.69, 9.17) is 9.47 Å². The molecule has 0 bridgehead atoms. The molecule has 3 nitrogen and oxygen atoms in total. The van der Waals surface area contributed by atoms with Crippen LogP contribution in [-0.4, -0.2) is 18.7 Å². The van der Waals surface area contributed by atoms with Crippen molar-refractivity contribution in [3.8, 4) is 0 Å². The van der Waals surface area contributed by atoms with Crippen LogP contribution in [0.25, 0.3) is 0 Å². The molecule has 0 aliphatic rings. The molecule has 0 aromatic rings. The van der Waals surface area contributed by atoms with Gasteiger partial charge in [-0.25, -0.2) is 0 Å². The van der Waals surface area contributed by atoms with Gasteiger partial charge in [-0.1, -0.05) is 77.6 Å². The maximum atomic E-state index is 10.7. The van der Waals surface area contributed by atoms with E-state index in [2.05, 4.69) is 13.0 Å². The number of carbonyl (C=O) groups excluding carboxylic acids is 1. The van der Waals surface area contributed by atoms with Gasteiger partial charge >= 0.3 is 5.97 Å². The highest BCUT2D eigenvalue weighted by Gasteiger charge is 2.03. The lowest BCUT2D eigenvalue weighted by Crippen LogP contribution is -2.17. The van der Waals surface area contributed by atoms with Crippen LogP contribution in [0, 0.1) is 0 Å². The minimum Gasteiger partial charge on any atom is -0.498 e. The van der Waals surface area contributed by atoms with Crippen LogP contribution in [-0.2, 0) is 14.3 Å². The Labute approximate surface area is 150 Å². The highest BCUT2D eigenvalue weighted by molar-refractivity contribution is 5.66. The third-order valence-electron chi connectivity index (χ3n) is 4.11. The summed E-state index contributed by atoms with van der Waals surface area (Å²) in [6.07, 6.45) is 21.3. The van der Waals surface area contributed by atoms with E-state index >= 15 is 0 Å². The number of esters is 1. The first-order valence-electron chi connectivity index (χ1n) is 10.1. The average molecular weight is 341 g/mol. The summed E-state index contributed by atoms with van der Waals surface area (Å²) < 4.78 is 10.3. The van der Waals surface area contributed by atoms with Crippen LogP contribution in [0.4, 0.5) is 0 Å². The summed E-state index contributed by atoms with van der Waals surface area (Å²) in [5.41, 5.74) is 0. The van der Waals surface area contributed by atoms with Crippen LogP contribution < -0.4 is 0 Å². The van der Waals surface area contributed by atoms with Crippen molar-refractivity contribution in [3.63, 3.8) is 0 Å². The Hall–Kier alpha value is -0.990. The summed E-state index contributed by atoms with van der Waals surface area (Å²) in [7, 11) is 0. The quantitative estimate of drug-likeness (QED) is 0.171. The minimum atomic E-state index is -0.258. The summed E-state index contributed by atoms with van der Waals surface area (Å²) in [5.74, 6) is -0.258. The maximum Gasteiger partial charge on any atom is 0.303 e. The van der Waals surface area contributed by atoms with Crippen molar-refractivity contribution in [1.29, 1.82) is 0 Å². The van der Waals surface area contributed by atoms with Gasteiger partial charge in [0, 0.05) is 6.92 Å². The van der Waals surface area contributed by atoms with Gasteiger partial charge in [0.15, 0.2) is 0 Å². The van der Waals surface area contributed by atoms with E-state index in [-0.39, 0.29) is 12.1 Å². The van der Waals surface area contributed by atoms with Crippen LogP contribution in [0.15, 0.2) is 12.3 Å². The molecule has 0 amide bonds. The fraction of sp³-hybridized carbons (Fsp3) is 0.857. The molecule has 142 valence electrons. The molecule has 0 aromatic heterocycles. The molecule has 0 aliphatic carbocycles. The summed E-state index contributed by atoms with van der Waals surface area (Å²) in [5, 5.41) is 0. The number of allylic oxidation sites excluding steroid dienone is 1. The van der Waals surface area contributed by atoms with Crippen LogP contribution in [0.2, 0.25) is 0 Å². The molecule has 0 N–H and O–H groups in total. The number of ether oxygens (including phenoxy) is 2. The van der Waals surface area contributed by atoms with Gasteiger partial charge in [-0.2, -0.15) is 0 Å². The van der Waals surface area contributed by atoms with E-state index in [0.29, 0.717) is 6.61 Å². The smallest absolute Gasteiger partial charge is 0.303 e. The second-order valence-corrected chi connectivity index (χ2v) is 6.80. The van der Waals surface area contributed by atoms with Gasteiger partial charge in [-0.3, -0.25) is 4.79 Å². The van der Waals surface area contributed by atoms with E-state index in [1.165, 1.54) is 84.0 Å². The molecule has 0 fully saturated rings. The Morgan fingerprint density at radius 2 is 1.38 bits per heavy atom. The lowest BCUT2D eigenvalue weighted by atomic mass is 10.0. The Morgan fingerprint density at radius 1 is 0.875 bits per heavy atom. The van der Waals surface area contributed by atoms with Gasteiger partial charge in [0.1, 0.15) is 12.7 Å². The molecule has 3 heteroatoms. The summed E-state index contributed by atoms with van der Waals surface area (Å²) in [4.78, 5) is 10.7. The SMILES string of the molecule is CCCCCCCCCCCCCCC=COCC(C)OC(C)=O. The molecule has 0 heterocycles. The third kappa shape index (κ3) is 19.1. The number of unbranched alkanes of at least 4 members (excludes halogenated alkanes) is 12. The van der Waals surface area contributed by atoms with Gasteiger partial charge in [0.2, 0.25) is 0 Å². The van der Waals surface area contributed by atoms with Crippen molar-refractivity contribution < 1.29 is 14.3 Å². The molecule has 24 heavy (non-hydrogen) atoms. The summed E-state index contributed by atoms with van der Waals surface area (Å²) in [6, 6.07) is 0. The summed E-state index contributed by atoms with van der Waals surface area (Å²) >= 11 is 0. The molecule has 0 saturated heterocycles. The second-order valence-electron chi connectivity index (χ2n) is 6.80. The normalized spacial score (nSPS) is 12.5. The molecule has 0 aliphatic heterocycles. The topological polar surface area (TPSA) is 35.5 Å². The van der Waals surface area contributed by atoms with E-state index < -0.39 is 0 Å². The molecule has 1 unspecified atom stereocenters. The Kier molecular flexibility index (Phi) is 17.6. The molecule has 0 spiro atoms. The molecular formula is C21H40O3. The predicted octanol–water partition coefficient (Wildman–Crippen LogP) is 6.56. The second kappa shape index (κ2) is 18.4. The van der Waals surface area contributed by atoms with Gasteiger partial charge < -0.3 is 9.47 Å². The van der Waals surface area contributed by atoms with E-state index in [1.54, 1.807) is 6.26 Å². The largest absolute Gasteiger partial charge is 0.498 e. The minimum absolute atomic E-state index is 0.182. The zero-order valence-corrected chi connectivity index (χ0v) is 16.4. The highest BCUT2D eigenvalue weighted by atomic mass is 16.6. The first kappa shape index (κ1) is 23.0. The first-order chi connectivity index (χ1) is 11.7. The van der Waals surface area contributed by atoms with Crippen molar-refractivity contribution in [3.05, 3.63) is 12.3 Å². The Balaban J connectivity index is 3.16. The van der Waals surface area contributed by atoms with Crippen LogP contribution in [0.5, 0.6) is 0 Å². The lowest BCUT2D eigenvalue weighted by Gasteiger charge is -2.10. The molecule has 0 rings (SSSR count). The highest BCUT2D eigenvalue weighted by Crippen LogP contribution is 2.12. The molecular weight excluding hydrogens is 300 g/mol. The molecule has 1 atom stereocenters. The number of hydrogen-bond acceptors (Lipinski definition) is 3. The van der Waals surface area contributed by atoms with Gasteiger partial charge in [0.05, 0.1) is 6.26 Å². The molecule has 0 radical (unpaired) electrons. The maximum absolute atomic E-state index is 10.7. The standard InChI is InChI=1S/C21H40O3/c1-4-5-6-7-8-9-10-11-12-13-14-15-16-17-18-23-19-20(2)24-21(3)22/h17-18,20H,4-16,19H2,1-3H3. The predicted molar refractivity (Wildman–Crippen MR) is 102 cm³/mol. The first-order valence-corrected chi connectivity index (χ1v) is 10.1. The molecule has 0 saturated carbocycles. The van der Waals surface area contributed by atoms with E-state index in [0.717, 1.165) is 6.42 Å². The molecule has 0 aromatic carbocycles. The zero-order valence-electron chi connectivity index (χ0n) is 16.4. The number of hydrogen-bond donors (Lipinski definition) is 0. The van der Waals surface area contributed by atoms with Crippen molar-refractivity contribution in [2.45, 2.75) is 110 Å². The van der Waals surface area contributed by atoms with E-state index in [9.17, 15) is 4.79 Å². The summed E-state index contributed by atoms with van der Waals surface area (Å²) in [6.45, 7) is 5.95. The Morgan fingerprint density at radius 3 is 1.88 bits per heavy atom. The Bertz CT molecular complexity index is 299. The van der Waals surface area contributed by atoms with Crippen molar-refractivity contribution in [2.75, 3.05) is 6.61 Å². The van der Waals surface area contributed by atoms with Crippen molar-refractivity contribution in [1.82, 2.24) is 0 Å². The number of rotatable bonds is 17. The van der Waals surface area contributed by atoms with Crippen LogP contribution >= 0.6 is 0 Å².